The van der Waals surface area contributed by atoms with Crippen molar-refractivity contribution in [2.75, 3.05) is 18.0 Å². The Morgan fingerprint density at radius 2 is 2.07 bits per heavy atom. The summed E-state index contributed by atoms with van der Waals surface area (Å²) in [5.74, 6) is 1.50. The number of benzene rings is 1. The van der Waals surface area contributed by atoms with E-state index in [4.69, 9.17) is 0 Å². The molecule has 1 N–H and O–H groups in total. The van der Waals surface area contributed by atoms with Crippen molar-refractivity contribution in [2.45, 2.75) is 32.4 Å². The number of rotatable bonds is 5. The molecule has 146 valence electrons. The molecule has 9 nitrogen and oxygen atoms in total. The summed E-state index contributed by atoms with van der Waals surface area (Å²) in [6.45, 7) is 3.78. The molecule has 2 aromatic heterocycles. The fourth-order valence-electron chi connectivity index (χ4n) is 3.61. The monoisotopic (exact) mass is 380 g/mol. The Morgan fingerprint density at radius 3 is 2.82 bits per heavy atom. The molecule has 1 amide bonds. The van der Waals surface area contributed by atoms with Crippen LogP contribution in [0.2, 0.25) is 0 Å². The second kappa shape index (κ2) is 7.79. The molecule has 0 aliphatic carbocycles. The lowest BCUT2D eigenvalue weighted by molar-refractivity contribution is -0.122. The van der Waals surface area contributed by atoms with Crippen molar-refractivity contribution in [1.29, 1.82) is 0 Å². The summed E-state index contributed by atoms with van der Waals surface area (Å²) in [5.41, 5.74) is 1.87. The molecule has 1 fully saturated rings. The van der Waals surface area contributed by atoms with Crippen LogP contribution in [-0.2, 0) is 18.4 Å². The van der Waals surface area contributed by atoms with E-state index in [1.165, 1.54) is 4.80 Å². The number of aromatic nitrogens is 6. The predicted molar refractivity (Wildman–Crippen MR) is 105 cm³/mol. The van der Waals surface area contributed by atoms with E-state index in [1.807, 2.05) is 49.0 Å². The van der Waals surface area contributed by atoms with Crippen molar-refractivity contribution in [1.82, 2.24) is 35.3 Å². The van der Waals surface area contributed by atoms with Gasteiger partial charge in [0.05, 0.1) is 5.69 Å². The van der Waals surface area contributed by atoms with Crippen LogP contribution < -0.4 is 10.2 Å². The molecule has 0 saturated carbocycles. The van der Waals surface area contributed by atoms with E-state index in [2.05, 4.69) is 36.8 Å². The molecule has 9 heteroatoms. The minimum absolute atomic E-state index is 0.0567. The van der Waals surface area contributed by atoms with Gasteiger partial charge in [-0.05, 0) is 25.0 Å². The van der Waals surface area contributed by atoms with E-state index in [0.717, 1.165) is 43.0 Å². The molecular weight excluding hydrogens is 356 g/mol. The Morgan fingerprint density at radius 1 is 1.25 bits per heavy atom. The molecule has 1 atom stereocenters. The normalized spacial score (nSPS) is 16.9. The van der Waals surface area contributed by atoms with Gasteiger partial charge >= 0.3 is 0 Å². The van der Waals surface area contributed by atoms with Gasteiger partial charge in [0.15, 0.2) is 0 Å². The highest BCUT2D eigenvalue weighted by Crippen LogP contribution is 2.20. The summed E-state index contributed by atoms with van der Waals surface area (Å²) in [7, 11) is 1.95. The summed E-state index contributed by atoms with van der Waals surface area (Å²) < 4.78 is 1.89. The fourth-order valence-corrected chi connectivity index (χ4v) is 3.61. The number of nitrogens with one attached hydrogen (secondary N) is 1. The van der Waals surface area contributed by atoms with Crippen LogP contribution in [0.15, 0.2) is 36.4 Å². The first-order valence-electron chi connectivity index (χ1n) is 9.46. The van der Waals surface area contributed by atoms with Gasteiger partial charge in [-0.25, -0.2) is 0 Å². The molecule has 1 aliphatic heterocycles. The van der Waals surface area contributed by atoms with Gasteiger partial charge in [0.25, 0.3) is 0 Å². The van der Waals surface area contributed by atoms with Crippen LogP contribution in [0.1, 0.15) is 18.5 Å². The fraction of sp³-hybridized carbons (Fsp3) is 0.421. The molecule has 1 aliphatic rings. The Labute approximate surface area is 163 Å². The maximum absolute atomic E-state index is 12.5. The van der Waals surface area contributed by atoms with Crippen LogP contribution in [0, 0.1) is 6.92 Å². The van der Waals surface area contributed by atoms with Crippen LogP contribution in [0.25, 0.3) is 11.4 Å². The third kappa shape index (κ3) is 4.03. The number of tetrazole rings is 1. The lowest BCUT2D eigenvalue weighted by Gasteiger charge is -2.34. The number of amides is 1. The Bertz CT molecular complexity index is 948. The zero-order valence-corrected chi connectivity index (χ0v) is 16.1. The van der Waals surface area contributed by atoms with E-state index in [1.54, 1.807) is 0 Å². The van der Waals surface area contributed by atoms with Crippen molar-refractivity contribution in [3.05, 3.63) is 42.1 Å². The highest BCUT2D eigenvalue weighted by Gasteiger charge is 2.24. The summed E-state index contributed by atoms with van der Waals surface area (Å²) in [6, 6.07) is 11.8. The van der Waals surface area contributed by atoms with Crippen LogP contribution >= 0.6 is 0 Å². The second-order valence-electron chi connectivity index (χ2n) is 7.13. The van der Waals surface area contributed by atoms with E-state index < -0.39 is 0 Å². The molecule has 3 heterocycles. The zero-order chi connectivity index (χ0) is 19.5. The zero-order valence-electron chi connectivity index (χ0n) is 16.1. The minimum atomic E-state index is -0.106. The van der Waals surface area contributed by atoms with Gasteiger partial charge in [0.1, 0.15) is 12.4 Å². The van der Waals surface area contributed by atoms with Crippen molar-refractivity contribution >= 4 is 11.7 Å². The molecule has 4 rings (SSSR count). The number of hydrogen-bond acceptors (Lipinski definition) is 6. The van der Waals surface area contributed by atoms with Crippen LogP contribution in [0.5, 0.6) is 0 Å². The first kappa shape index (κ1) is 18.1. The van der Waals surface area contributed by atoms with Crippen molar-refractivity contribution in [3.8, 4) is 11.4 Å². The number of carbonyl (C=O) groups excluding carboxylic acids is 1. The molecule has 0 bridgehead atoms. The number of anilines is 1. The molecular formula is C19H24N8O. The molecule has 1 unspecified atom stereocenters. The van der Waals surface area contributed by atoms with E-state index in [0.29, 0.717) is 5.82 Å². The number of aryl methyl sites for hydroxylation is 2. The van der Waals surface area contributed by atoms with Gasteiger partial charge < -0.3 is 10.2 Å². The van der Waals surface area contributed by atoms with E-state index in [-0.39, 0.29) is 18.5 Å². The maximum atomic E-state index is 12.5. The van der Waals surface area contributed by atoms with Gasteiger partial charge in [-0.1, -0.05) is 30.3 Å². The smallest absolute Gasteiger partial charge is 0.243 e. The SMILES string of the molecule is Cc1cc(N2CCCC(NC(=O)Cn3nnc(-c4ccccc4)n3)C2)n(C)n1. The van der Waals surface area contributed by atoms with E-state index in [9.17, 15) is 4.79 Å². The van der Waals surface area contributed by atoms with Crippen molar-refractivity contribution in [2.24, 2.45) is 7.05 Å². The molecule has 3 aromatic rings. The summed E-state index contributed by atoms with van der Waals surface area (Å²) in [5, 5.41) is 19.9. The Kier molecular flexibility index (Phi) is 5.05. The van der Waals surface area contributed by atoms with Crippen LogP contribution in [-0.4, -0.2) is 55.0 Å². The Balaban J connectivity index is 1.35. The molecule has 1 aromatic carbocycles. The first-order chi connectivity index (χ1) is 13.6. The average Bonchev–Trinajstić information content (AvgIpc) is 3.28. The van der Waals surface area contributed by atoms with Crippen molar-refractivity contribution < 1.29 is 4.79 Å². The molecule has 28 heavy (non-hydrogen) atoms. The largest absolute Gasteiger partial charge is 0.355 e. The lowest BCUT2D eigenvalue weighted by atomic mass is 10.1. The summed E-state index contributed by atoms with van der Waals surface area (Å²) in [6.07, 6.45) is 1.98. The number of carbonyl (C=O) groups is 1. The quantitative estimate of drug-likeness (QED) is 0.714. The Hall–Kier alpha value is -3.23. The predicted octanol–water partition coefficient (Wildman–Crippen LogP) is 1.17. The third-order valence-electron chi connectivity index (χ3n) is 4.86. The maximum Gasteiger partial charge on any atom is 0.243 e. The van der Waals surface area contributed by atoms with Gasteiger partial charge in [-0.15, -0.1) is 10.2 Å². The van der Waals surface area contributed by atoms with E-state index >= 15 is 0 Å². The standard InChI is InChI=1S/C19H24N8O/c1-14-11-18(25(2)22-14)26-10-6-9-16(12-26)20-17(28)13-27-23-19(21-24-27)15-7-4-3-5-8-15/h3-5,7-8,11,16H,6,9-10,12-13H2,1-2H3,(H,20,28). The van der Waals surface area contributed by atoms with Gasteiger partial charge in [0, 0.05) is 37.8 Å². The molecule has 0 spiro atoms. The van der Waals surface area contributed by atoms with Gasteiger partial charge in [-0.2, -0.15) is 9.90 Å². The number of hydrogen-bond donors (Lipinski definition) is 1. The van der Waals surface area contributed by atoms with Gasteiger partial charge in [-0.3, -0.25) is 9.48 Å². The number of nitrogens with zero attached hydrogens (tertiary/aromatic N) is 7. The highest BCUT2D eigenvalue weighted by molar-refractivity contribution is 5.76. The minimum Gasteiger partial charge on any atom is -0.355 e. The molecule has 0 radical (unpaired) electrons. The van der Waals surface area contributed by atoms with Crippen molar-refractivity contribution in [3.63, 3.8) is 0 Å². The van der Waals surface area contributed by atoms with Crippen LogP contribution in [0.4, 0.5) is 5.82 Å². The van der Waals surface area contributed by atoms with Crippen LogP contribution in [0.3, 0.4) is 0 Å². The third-order valence-corrected chi connectivity index (χ3v) is 4.86. The highest BCUT2D eigenvalue weighted by atomic mass is 16.2. The first-order valence-corrected chi connectivity index (χ1v) is 9.46. The average molecular weight is 380 g/mol. The second-order valence-corrected chi connectivity index (χ2v) is 7.13. The summed E-state index contributed by atoms with van der Waals surface area (Å²) in [4.78, 5) is 16.1. The number of piperidine rings is 1. The lowest BCUT2D eigenvalue weighted by Crippen LogP contribution is -2.49. The topological polar surface area (TPSA) is 93.8 Å². The van der Waals surface area contributed by atoms with Gasteiger partial charge in [0.2, 0.25) is 11.7 Å². The molecule has 1 saturated heterocycles. The summed E-state index contributed by atoms with van der Waals surface area (Å²) >= 11 is 0.